The van der Waals surface area contributed by atoms with Crippen LogP contribution in [-0.4, -0.2) is 25.5 Å². The first-order chi connectivity index (χ1) is 15.5. The molecule has 32 heavy (non-hydrogen) atoms. The number of esters is 1. The van der Waals surface area contributed by atoms with Gasteiger partial charge >= 0.3 is 5.97 Å². The molecule has 2 aliphatic rings. The number of methoxy groups -OCH3 is 1. The van der Waals surface area contributed by atoms with Crippen LogP contribution in [0.15, 0.2) is 77.1 Å². The number of hydrogen-bond acceptors (Lipinski definition) is 5. The molecule has 0 spiro atoms. The Hall–Kier alpha value is -3.34. The number of Topliss-reactive ketones (excluding diaryl/α,β-unsaturated/α-hetero) is 1. The third kappa shape index (κ3) is 4.20. The van der Waals surface area contributed by atoms with Gasteiger partial charge in [0.15, 0.2) is 5.78 Å². The van der Waals surface area contributed by atoms with Gasteiger partial charge in [0, 0.05) is 29.3 Å². The molecule has 0 saturated carbocycles. The summed E-state index contributed by atoms with van der Waals surface area (Å²) in [5.74, 6) is 0.00711. The quantitative estimate of drug-likeness (QED) is 0.652. The van der Waals surface area contributed by atoms with Crippen molar-refractivity contribution < 1.29 is 19.1 Å². The van der Waals surface area contributed by atoms with Gasteiger partial charge in [0.1, 0.15) is 5.75 Å². The third-order valence-electron chi connectivity index (χ3n) is 6.18. The number of ether oxygens (including phenoxy) is 2. The van der Waals surface area contributed by atoms with Crippen LogP contribution in [0.2, 0.25) is 0 Å². The van der Waals surface area contributed by atoms with Crippen molar-refractivity contribution in [1.82, 2.24) is 5.32 Å². The average molecular weight is 432 g/mol. The van der Waals surface area contributed by atoms with E-state index in [9.17, 15) is 9.59 Å². The van der Waals surface area contributed by atoms with Crippen molar-refractivity contribution in [2.75, 3.05) is 13.7 Å². The SMILES string of the molecule is CCCOC(=O)C1=C(C)NC2=C(C(=O)C[C@@H](c3ccccc3)C2)[C@H]1c1cccc(OC)c1. The topological polar surface area (TPSA) is 64.6 Å². The molecule has 5 heteroatoms. The first-order valence-electron chi connectivity index (χ1n) is 11.1. The molecule has 0 radical (unpaired) electrons. The second-order valence-corrected chi connectivity index (χ2v) is 8.34. The van der Waals surface area contributed by atoms with E-state index in [2.05, 4.69) is 17.4 Å². The predicted octanol–water partition coefficient (Wildman–Crippen LogP) is 5.01. The summed E-state index contributed by atoms with van der Waals surface area (Å²) in [7, 11) is 1.61. The van der Waals surface area contributed by atoms with E-state index in [1.807, 2.05) is 56.3 Å². The van der Waals surface area contributed by atoms with Gasteiger partial charge in [0.25, 0.3) is 0 Å². The van der Waals surface area contributed by atoms with Gasteiger partial charge in [-0.1, -0.05) is 49.4 Å². The van der Waals surface area contributed by atoms with Gasteiger partial charge in [-0.15, -0.1) is 0 Å². The molecular formula is C27H29NO4. The lowest BCUT2D eigenvalue weighted by Gasteiger charge is -2.36. The van der Waals surface area contributed by atoms with Crippen molar-refractivity contribution in [3.8, 4) is 5.75 Å². The molecule has 5 nitrogen and oxygen atoms in total. The molecule has 1 aliphatic carbocycles. The highest BCUT2D eigenvalue weighted by atomic mass is 16.5. The van der Waals surface area contributed by atoms with Crippen LogP contribution in [0, 0.1) is 0 Å². The molecule has 0 saturated heterocycles. The zero-order chi connectivity index (χ0) is 22.7. The van der Waals surface area contributed by atoms with Crippen LogP contribution < -0.4 is 10.1 Å². The van der Waals surface area contributed by atoms with E-state index in [-0.39, 0.29) is 17.7 Å². The van der Waals surface area contributed by atoms with Crippen LogP contribution in [0.3, 0.4) is 0 Å². The smallest absolute Gasteiger partial charge is 0.336 e. The second-order valence-electron chi connectivity index (χ2n) is 8.34. The number of allylic oxidation sites excluding steroid dienone is 3. The van der Waals surface area contributed by atoms with Gasteiger partial charge in [-0.3, -0.25) is 4.79 Å². The average Bonchev–Trinajstić information content (AvgIpc) is 2.82. The number of dihydropyridines is 1. The van der Waals surface area contributed by atoms with Crippen molar-refractivity contribution in [3.05, 3.63) is 88.3 Å². The van der Waals surface area contributed by atoms with E-state index in [1.165, 1.54) is 0 Å². The van der Waals surface area contributed by atoms with Crippen molar-refractivity contribution in [1.29, 1.82) is 0 Å². The van der Waals surface area contributed by atoms with Crippen molar-refractivity contribution in [3.63, 3.8) is 0 Å². The van der Waals surface area contributed by atoms with E-state index < -0.39 is 5.92 Å². The highest BCUT2D eigenvalue weighted by Crippen LogP contribution is 2.46. The number of ketones is 1. The lowest BCUT2D eigenvalue weighted by atomic mass is 9.71. The molecule has 1 heterocycles. The third-order valence-corrected chi connectivity index (χ3v) is 6.18. The van der Waals surface area contributed by atoms with Gasteiger partial charge in [-0.05, 0) is 48.9 Å². The van der Waals surface area contributed by atoms with Gasteiger partial charge < -0.3 is 14.8 Å². The van der Waals surface area contributed by atoms with Crippen molar-refractivity contribution >= 4 is 11.8 Å². The minimum absolute atomic E-state index is 0.0636. The summed E-state index contributed by atoms with van der Waals surface area (Å²) >= 11 is 0. The van der Waals surface area contributed by atoms with Crippen molar-refractivity contribution in [2.24, 2.45) is 0 Å². The fourth-order valence-corrected chi connectivity index (χ4v) is 4.70. The molecule has 2 aromatic rings. The van der Waals surface area contributed by atoms with E-state index in [1.54, 1.807) is 7.11 Å². The Morgan fingerprint density at radius 3 is 2.53 bits per heavy atom. The van der Waals surface area contributed by atoms with Crippen LogP contribution in [0.25, 0.3) is 0 Å². The standard InChI is InChI=1S/C27H29NO4/c1-4-13-32-27(30)24-17(2)28-22-15-20(18-9-6-5-7-10-18)16-23(29)26(22)25(24)19-11-8-12-21(14-19)31-3/h5-12,14,20,25,28H,4,13,15-16H2,1-3H3/t20-,25-/m0/s1. The Morgan fingerprint density at radius 1 is 1.06 bits per heavy atom. The molecule has 1 aliphatic heterocycles. The maximum absolute atomic E-state index is 13.5. The van der Waals surface area contributed by atoms with E-state index in [0.717, 1.165) is 35.4 Å². The molecule has 2 aromatic carbocycles. The molecule has 0 unspecified atom stereocenters. The highest BCUT2D eigenvalue weighted by Gasteiger charge is 2.41. The van der Waals surface area contributed by atoms with E-state index >= 15 is 0 Å². The first kappa shape index (κ1) is 21.9. The van der Waals surface area contributed by atoms with Gasteiger partial charge in [-0.2, -0.15) is 0 Å². The Morgan fingerprint density at radius 2 is 1.81 bits per heavy atom. The number of rotatable bonds is 6. The molecule has 1 N–H and O–H groups in total. The fraction of sp³-hybridized carbons (Fsp3) is 0.333. The number of hydrogen-bond donors (Lipinski definition) is 1. The van der Waals surface area contributed by atoms with Crippen LogP contribution in [-0.2, 0) is 14.3 Å². The minimum Gasteiger partial charge on any atom is -0.497 e. The maximum Gasteiger partial charge on any atom is 0.336 e. The Balaban J connectivity index is 1.79. The Bertz CT molecular complexity index is 1080. The number of carbonyl (C=O) groups excluding carboxylic acids is 2. The summed E-state index contributed by atoms with van der Waals surface area (Å²) in [6, 6.07) is 17.7. The summed E-state index contributed by atoms with van der Waals surface area (Å²) < 4.78 is 10.9. The first-order valence-corrected chi connectivity index (χ1v) is 11.1. The Kier molecular flexibility index (Phi) is 6.45. The molecule has 0 bridgehead atoms. The van der Waals surface area contributed by atoms with Crippen LogP contribution >= 0.6 is 0 Å². The van der Waals surface area contributed by atoms with Crippen molar-refractivity contribution in [2.45, 2.75) is 44.9 Å². The molecule has 0 amide bonds. The number of benzene rings is 2. The Labute approximate surface area is 189 Å². The molecule has 2 atom stereocenters. The molecule has 0 fully saturated rings. The zero-order valence-electron chi connectivity index (χ0n) is 18.8. The monoisotopic (exact) mass is 431 g/mol. The van der Waals surface area contributed by atoms with Gasteiger partial charge in [-0.25, -0.2) is 4.79 Å². The van der Waals surface area contributed by atoms with Gasteiger partial charge in [0.2, 0.25) is 0 Å². The van der Waals surface area contributed by atoms with Crippen LogP contribution in [0.4, 0.5) is 0 Å². The number of nitrogens with one attached hydrogen (secondary N) is 1. The summed E-state index contributed by atoms with van der Waals surface area (Å²) in [5, 5.41) is 3.39. The lowest BCUT2D eigenvalue weighted by Crippen LogP contribution is -2.36. The summed E-state index contributed by atoms with van der Waals surface area (Å²) in [6.07, 6.45) is 1.88. The number of carbonyl (C=O) groups is 2. The van der Waals surface area contributed by atoms with E-state index in [0.29, 0.717) is 29.9 Å². The fourth-order valence-electron chi connectivity index (χ4n) is 4.70. The molecule has 0 aromatic heterocycles. The summed E-state index contributed by atoms with van der Waals surface area (Å²) in [5.41, 5.74) is 4.80. The largest absolute Gasteiger partial charge is 0.497 e. The minimum atomic E-state index is -0.477. The second kappa shape index (κ2) is 9.43. The zero-order valence-corrected chi connectivity index (χ0v) is 18.8. The van der Waals surface area contributed by atoms with Crippen LogP contribution in [0.1, 0.15) is 56.1 Å². The molecule has 166 valence electrons. The molecular weight excluding hydrogens is 402 g/mol. The van der Waals surface area contributed by atoms with Gasteiger partial charge in [0.05, 0.1) is 19.3 Å². The summed E-state index contributed by atoms with van der Waals surface area (Å²) in [4.78, 5) is 26.6. The highest BCUT2D eigenvalue weighted by molar-refractivity contribution is 6.04. The lowest BCUT2D eigenvalue weighted by molar-refractivity contribution is -0.139. The molecule has 4 rings (SSSR count). The van der Waals surface area contributed by atoms with Crippen LogP contribution in [0.5, 0.6) is 5.75 Å². The normalized spacial score (nSPS) is 20.5. The maximum atomic E-state index is 13.5. The summed E-state index contributed by atoms with van der Waals surface area (Å²) in [6.45, 7) is 4.19. The van der Waals surface area contributed by atoms with E-state index in [4.69, 9.17) is 9.47 Å². The predicted molar refractivity (Wildman–Crippen MR) is 123 cm³/mol.